The molecule has 28 heavy (non-hydrogen) atoms. The summed E-state index contributed by atoms with van der Waals surface area (Å²) in [5, 5.41) is 1.77. The van der Waals surface area contributed by atoms with Crippen LogP contribution < -0.4 is 10.6 Å². The molecule has 3 nitrogen and oxygen atoms in total. The lowest BCUT2D eigenvalue weighted by atomic mass is 10.2. The van der Waals surface area contributed by atoms with Crippen molar-refractivity contribution in [3.05, 3.63) is 95.0 Å². The van der Waals surface area contributed by atoms with E-state index >= 15 is 4.57 Å². The van der Waals surface area contributed by atoms with Crippen LogP contribution >= 0.6 is 23.1 Å². The molecule has 1 fully saturated rings. The summed E-state index contributed by atoms with van der Waals surface area (Å²) in [6.45, 7) is 2.85. The lowest BCUT2D eigenvalue weighted by Gasteiger charge is -2.39. The minimum Gasteiger partial charge on any atom is -0.379 e. The molecule has 5 heteroatoms. The highest BCUT2D eigenvalue weighted by Gasteiger charge is 2.41. The van der Waals surface area contributed by atoms with E-state index in [4.69, 9.17) is 4.74 Å². The van der Waals surface area contributed by atoms with Gasteiger partial charge < -0.3 is 9.30 Å². The Morgan fingerprint density at radius 1 is 0.821 bits per heavy atom. The second kappa shape index (κ2) is 8.75. The molecule has 0 aliphatic carbocycles. The van der Waals surface area contributed by atoms with Crippen molar-refractivity contribution in [3.63, 3.8) is 0 Å². The molecule has 0 amide bonds. The molecule has 3 aromatic carbocycles. The van der Waals surface area contributed by atoms with E-state index in [1.54, 1.807) is 0 Å². The van der Waals surface area contributed by atoms with Gasteiger partial charge in [0, 0.05) is 28.2 Å². The number of rotatable bonds is 5. The van der Waals surface area contributed by atoms with Crippen molar-refractivity contribution in [1.29, 1.82) is 0 Å². The molecule has 144 valence electrons. The maximum atomic E-state index is 15.0. The van der Waals surface area contributed by atoms with Crippen molar-refractivity contribution in [2.24, 2.45) is 0 Å². The van der Waals surface area contributed by atoms with Crippen molar-refractivity contribution >= 4 is 33.7 Å². The molecule has 1 heterocycles. The fourth-order valence-corrected chi connectivity index (χ4v) is 7.65. The molecule has 1 saturated heterocycles. The third-order valence-corrected chi connectivity index (χ3v) is 9.10. The number of ether oxygens (including phenoxy) is 1. The predicted octanol–water partition coefficient (Wildman–Crippen LogP) is 4.79. The standard InChI is InChI=1S/C23H23BrNO2P/c24-20-9-7-8-19(18-20)23(25-14-16-27-17-15-25)28(26,21-10-3-1-4-11-21)22-12-5-2-6-13-22/h1-13,18,23H,14-17H2. The van der Waals surface area contributed by atoms with Crippen LogP contribution in [-0.4, -0.2) is 31.2 Å². The van der Waals surface area contributed by atoms with Crippen LogP contribution in [-0.2, 0) is 9.30 Å². The largest absolute Gasteiger partial charge is 0.379 e. The summed E-state index contributed by atoms with van der Waals surface area (Å²) >= 11 is 3.60. The molecule has 0 aromatic heterocycles. The summed E-state index contributed by atoms with van der Waals surface area (Å²) in [5.74, 6) is -0.237. The van der Waals surface area contributed by atoms with E-state index in [1.165, 1.54) is 0 Å². The van der Waals surface area contributed by atoms with Crippen LogP contribution in [0, 0.1) is 0 Å². The van der Waals surface area contributed by atoms with Gasteiger partial charge in [0.15, 0.2) is 7.14 Å². The average molecular weight is 456 g/mol. The van der Waals surface area contributed by atoms with Gasteiger partial charge in [-0.2, -0.15) is 0 Å². The van der Waals surface area contributed by atoms with Gasteiger partial charge in [0.25, 0.3) is 0 Å². The normalized spacial score (nSPS) is 16.6. The topological polar surface area (TPSA) is 29.5 Å². The fourth-order valence-electron chi connectivity index (χ4n) is 3.87. The van der Waals surface area contributed by atoms with Gasteiger partial charge in [-0.15, -0.1) is 0 Å². The van der Waals surface area contributed by atoms with Crippen LogP contribution in [0.15, 0.2) is 89.4 Å². The molecule has 3 aromatic rings. The average Bonchev–Trinajstić information content (AvgIpc) is 2.76. The molecule has 0 saturated carbocycles. The molecular formula is C23H23BrNO2P. The molecular weight excluding hydrogens is 433 g/mol. The van der Waals surface area contributed by atoms with E-state index in [2.05, 4.69) is 33.0 Å². The Bertz CT molecular complexity index is 915. The fraction of sp³-hybridized carbons (Fsp3) is 0.217. The van der Waals surface area contributed by atoms with Gasteiger partial charge in [-0.1, -0.05) is 88.7 Å². The Balaban J connectivity index is 1.95. The van der Waals surface area contributed by atoms with Crippen LogP contribution in [0.5, 0.6) is 0 Å². The molecule has 1 aliphatic heterocycles. The first-order chi connectivity index (χ1) is 13.7. The Hall–Kier alpha value is -1.71. The first kappa shape index (κ1) is 19.6. The Labute approximate surface area is 174 Å². The van der Waals surface area contributed by atoms with Gasteiger partial charge in [0.05, 0.1) is 19.0 Å². The number of halogens is 1. The van der Waals surface area contributed by atoms with E-state index < -0.39 is 7.14 Å². The van der Waals surface area contributed by atoms with Gasteiger partial charge in [-0.05, 0) is 17.7 Å². The number of nitrogens with zero attached hydrogens (tertiary/aromatic N) is 1. The summed E-state index contributed by atoms with van der Waals surface area (Å²) in [6, 6.07) is 28.1. The Morgan fingerprint density at radius 2 is 1.39 bits per heavy atom. The molecule has 1 aliphatic rings. The number of hydrogen-bond donors (Lipinski definition) is 0. The number of benzene rings is 3. The monoisotopic (exact) mass is 455 g/mol. The quantitative estimate of drug-likeness (QED) is 0.517. The SMILES string of the molecule is O=P(c1ccccc1)(c1ccccc1)C(c1cccc(Br)c1)N1CCOCC1. The molecule has 0 bridgehead atoms. The Kier molecular flexibility index (Phi) is 6.13. The molecule has 0 radical (unpaired) electrons. The first-order valence-corrected chi connectivity index (χ1v) is 12.0. The van der Waals surface area contributed by atoms with Gasteiger partial charge in [0.1, 0.15) is 0 Å². The summed E-state index contributed by atoms with van der Waals surface area (Å²) in [6.07, 6.45) is 0. The maximum absolute atomic E-state index is 15.0. The van der Waals surface area contributed by atoms with E-state index in [0.717, 1.165) is 33.7 Å². The lowest BCUT2D eigenvalue weighted by Crippen LogP contribution is -2.41. The van der Waals surface area contributed by atoms with Crippen molar-refractivity contribution in [3.8, 4) is 0 Å². The predicted molar refractivity (Wildman–Crippen MR) is 119 cm³/mol. The van der Waals surface area contributed by atoms with Gasteiger partial charge in [-0.3, -0.25) is 4.90 Å². The lowest BCUT2D eigenvalue weighted by molar-refractivity contribution is 0.0308. The van der Waals surface area contributed by atoms with Crippen LogP contribution in [0.1, 0.15) is 11.3 Å². The summed E-state index contributed by atoms with van der Waals surface area (Å²) < 4.78 is 21.6. The smallest absolute Gasteiger partial charge is 0.163 e. The van der Waals surface area contributed by atoms with Gasteiger partial charge in [-0.25, -0.2) is 0 Å². The van der Waals surface area contributed by atoms with Crippen molar-refractivity contribution in [1.82, 2.24) is 4.90 Å². The van der Waals surface area contributed by atoms with Crippen LogP contribution in [0.2, 0.25) is 0 Å². The second-order valence-corrected chi connectivity index (χ2v) is 10.7. The van der Waals surface area contributed by atoms with E-state index in [1.807, 2.05) is 72.8 Å². The minimum atomic E-state index is -2.99. The molecule has 4 rings (SSSR count). The van der Waals surface area contributed by atoms with Crippen LogP contribution in [0.4, 0.5) is 0 Å². The highest BCUT2D eigenvalue weighted by Crippen LogP contribution is 2.58. The second-order valence-electron chi connectivity index (χ2n) is 6.91. The zero-order valence-electron chi connectivity index (χ0n) is 15.6. The summed E-state index contributed by atoms with van der Waals surface area (Å²) in [7, 11) is -2.99. The first-order valence-electron chi connectivity index (χ1n) is 9.48. The number of hydrogen-bond acceptors (Lipinski definition) is 3. The van der Waals surface area contributed by atoms with Gasteiger partial charge in [0.2, 0.25) is 0 Å². The van der Waals surface area contributed by atoms with E-state index in [-0.39, 0.29) is 5.78 Å². The highest BCUT2D eigenvalue weighted by atomic mass is 79.9. The minimum absolute atomic E-state index is 0.237. The van der Waals surface area contributed by atoms with Crippen LogP contribution in [0.25, 0.3) is 0 Å². The third kappa shape index (κ3) is 3.88. The van der Waals surface area contributed by atoms with Crippen molar-refractivity contribution in [2.45, 2.75) is 5.78 Å². The van der Waals surface area contributed by atoms with E-state index in [0.29, 0.717) is 13.2 Å². The zero-order chi connectivity index (χ0) is 19.4. The van der Waals surface area contributed by atoms with E-state index in [9.17, 15) is 0 Å². The Morgan fingerprint density at radius 3 is 1.93 bits per heavy atom. The van der Waals surface area contributed by atoms with Crippen molar-refractivity contribution < 1.29 is 9.30 Å². The summed E-state index contributed by atoms with van der Waals surface area (Å²) in [5.41, 5.74) is 1.06. The molecule has 0 spiro atoms. The van der Waals surface area contributed by atoms with Crippen LogP contribution in [0.3, 0.4) is 0 Å². The maximum Gasteiger partial charge on any atom is 0.163 e. The summed E-state index contributed by atoms with van der Waals surface area (Å²) in [4.78, 5) is 2.33. The number of morpholine rings is 1. The molecule has 0 N–H and O–H groups in total. The third-order valence-electron chi connectivity index (χ3n) is 5.16. The van der Waals surface area contributed by atoms with Gasteiger partial charge >= 0.3 is 0 Å². The zero-order valence-corrected chi connectivity index (χ0v) is 18.1. The molecule has 1 unspecified atom stereocenters. The molecule has 1 atom stereocenters. The highest BCUT2D eigenvalue weighted by molar-refractivity contribution is 9.10. The van der Waals surface area contributed by atoms with Crippen molar-refractivity contribution in [2.75, 3.05) is 26.3 Å².